The third-order valence-corrected chi connectivity index (χ3v) is 6.69. The predicted molar refractivity (Wildman–Crippen MR) is 119 cm³/mol. The molecule has 0 saturated carbocycles. The Morgan fingerprint density at radius 1 is 0.968 bits per heavy atom. The van der Waals surface area contributed by atoms with Gasteiger partial charge in [0.25, 0.3) is 5.91 Å². The first-order valence-corrected chi connectivity index (χ1v) is 10.6. The van der Waals surface area contributed by atoms with Crippen molar-refractivity contribution in [1.82, 2.24) is 9.80 Å². The lowest BCUT2D eigenvalue weighted by molar-refractivity contribution is -0.137. The Bertz CT molecular complexity index is 1230. The Balaban J connectivity index is 1.38. The molecule has 0 aliphatic carbocycles. The second-order valence-electron chi connectivity index (χ2n) is 8.59. The minimum atomic E-state index is -0.0573. The first kappa shape index (κ1) is 19.3. The highest BCUT2D eigenvalue weighted by Gasteiger charge is 2.43. The van der Waals surface area contributed by atoms with Gasteiger partial charge in [-0.25, -0.2) is 0 Å². The van der Waals surface area contributed by atoms with Crippen LogP contribution in [-0.2, 0) is 4.79 Å². The molecule has 0 aromatic heterocycles. The Morgan fingerprint density at radius 2 is 1.68 bits per heavy atom. The molecule has 0 unspecified atom stereocenters. The topological polar surface area (TPSA) is 64.4 Å². The molecule has 0 radical (unpaired) electrons. The van der Waals surface area contributed by atoms with E-state index >= 15 is 0 Å². The van der Waals surface area contributed by atoms with Gasteiger partial charge in [-0.1, -0.05) is 30.3 Å². The first-order chi connectivity index (χ1) is 15.0. The zero-order valence-corrected chi connectivity index (χ0v) is 17.4. The second-order valence-corrected chi connectivity index (χ2v) is 8.59. The number of nitriles is 1. The van der Waals surface area contributed by atoms with Crippen LogP contribution in [0.5, 0.6) is 0 Å². The van der Waals surface area contributed by atoms with E-state index in [9.17, 15) is 9.59 Å². The van der Waals surface area contributed by atoms with E-state index < -0.39 is 0 Å². The minimum Gasteiger partial charge on any atom is -0.345 e. The van der Waals surface area contributed by atoms with E-state index in [1.54, 1.807) is 4.90 Å². The van der Waals surface area contributed by atoms with Crippen molar-refractivity contribution in [2.45, 2.75) is 6.42 Å². The van der Waals surface area contributed by atoms with Gasteiger partial charge in [-0.15, -0.1) is 0 Å². The largest absolute Gasteiger partial charge is 0.345 e. The Labute approximate surface area is 181 Å². The summed E-state index contributed by atoms with van der Waals surface area (Å²) in [4.78, 5) is 29.2. The molecule has 2 heterocycles. The lowest BCUT2D eigenvalue weighted by Gasteiger charge is -2.30. The van der Waals surface area contributed by atoms with E-state index in [1.165, 1.54) is 0 Å². The van der Waals surface area contributed by atoms with Crippen LogP contribution in [0.25, 0.3) is 21.9 Å². The molecule has 2 aliphatic rings. The molecule has 154 valence electrons. The van der Waals surface area contributed by atoms with Gasteiger partial charge in [0.15, 0.2) is 0 Å². The Kier molecular flexibility index (Phi) is 4.71. The summed E-state index contributed by atoms with van der Waals surface area (Å²) in [5, 5.41) is 11.0. The predicted octanol–water partition coefficient (Wildman–Crippen LogP) is 3.93. The van der Waals surface area contributed by atoms with Crippen molar-refractivity contribution in [2.75, 3.05) is 26.7 Å². The number of rotatable bonds is 2. The lowest BCUT2D eigenvalue weighted by atomic mass is 9.88. The monoisotopic (exact) mass is 409 g/mol. The molecule has 2 aliphatic heterocycles. The van der Waals surface area contributed by atoms with E-state index in [1.807, 2.05) is 66.5 Å². The standard InChI is InChI=1S/C26H23N3O2/c1-28-11-10-23-15-29(16-24(23)26(28)31)25(30)22-9-8-20-12-19(6-7-21(20)13-22)18-4-2-17(14-27)3-5-18/h2-9,12-13,23-24H,10-11,15-16H2,1H3/t23-,24+/m1/s1. The van der Waals surface area contributed by atoms with Gasteiger partial charge in [0.05, 0.1) is 17.6 Å². The number of nitrogens with zero attached hydrogens (tertiary/aromatic N) is 3. The summed E-state index contributed by atoms with van der Waals surface area (Å²) in [6.07, 6.45) is 0.965. The summed E-state index contributed by atoms with van der Waals surface area (Å²) in [5.41, 5.74) is 3.43. The number of amides is 2. The smallest absolute Gasteiger partial charge is 0.253 e. The van der Waals surface area contributed by atoms with E-state index in [-0.39, 0.29) is 23.7 Å². The molecule has 2 fully saturated rings. The molecule has 0 spiro atoms. The van der Waals surface area contributed by atoms with Crippen LogP contribution in [0.2, 0.25) is 0 Å². The zero-order chi connectivity index (χ0) is 21.5. The van der Waals surface area contributed by atoms with Crippen molar-refractivity contribution < 1.29 is 9.59 Å². The number of piperidine rings is 1. The molecule has 0 N–H and O–H groups in total. The van der Waals surface area contributed by atoms with Gasteiger partial charge in [-0.05, 0) is 64.6 Å². The van der Waals surface area contributed by atoms with E-state index in [4.69, 9.17) is 5.26 Å². The van der Waals surface area contributed by atoms with Crippen molar-refractivity contribution in [3.05, 3.63) is 71.8 Å². The molecular formula is C26H23N3O2. The van der Waals surface area contributed by atoms with Gasteiger partial charge >= 0.3 is 0 Å². The summed E-state index contributed by atoms with van der Waals surface area (Å²) in [6, 6.07) is 21.6. The van der Waals surface area contributed by atoms with E-state index in [0.29, 0.717) is 24.2 Å². The summed E-state index contributed by atoms with van der Waals surface area (Å²) in [6.45, 7) is 1.96. The van der Waals surface area contributed by atoms with Crippen molar-refractivity contribution in [3.63, 3.8) is 0 Å². The number of hydrogen-bond acceptors (Lipinski definition) is 3. The number of carbonyl (C=O) groups excluding carboxylic acids is 2. The fourth-order valence-corrected chi connectivity index (χ4v) is 4.84. The van der Waals surface area contributed by atoms with E-state index in [0.717, 1.165) is 34.9 Å². The van der Waals surface area contributed by atoms with Gasteiger partial charge in [-0.2, -0.15) is 5.26 Å². The molecule has 2 amide bonds. The van der Waals surface area contributed by atoms with Crippen LogP contribution < -0.4 is 0 Å². The number of likely N-dealkylation sites (tertiary alicyclic amines) is 2. The molecule has 31 heavy (non-hydrogen) atoms. The van der Waals surface area contributed by atoms with Crippen molar-refractivity contribution >= 4 is 22.6 Å². The number of fused-ring (bicyclic) bond motifs is 2. The fourth-order valence-electron chi connectivity index (χ4n) is 4.84. The number of carbonyl (C=O) groups is 2. The molecule has 5 rings (SSSR count). The molecule has 2 saturated heterocycles. The fraction of sp³-hybridized carbons (Fsp3) is 0.269. The van der Waals surface area contributed by atoms with Gasteiger partial charge in [-0.3, -0.25) is 9.59 Å². The van der Waals surface area contributed by atoms with Gasteiger partial charge in [0.2, 0.25) is 5.91 Å². The summed E-state index contributed by atoms with van der Waals surface area (Å²) >= 11 is 0. The average Bonchev–Trinajstić information content (AvgIpc) is 3.25. The van der Waals surface area contributed by atoms with Crippen molar-refractivity contribution in [1.29, 1.82) is 5.26 Å². The van der Waals surface area contributed by atoms with Crippen LogP contribution in [0.15, 0.2) is 60.7 Å². The van der Waals surface area contributed by atoms with Crippen LogP contribution in [0.1, 0.15) is 22.3 Å². The molecular weight excluding hydrogens is 386 g/mol. The van der Waals surface area contributed by atoms with Gasteiger partial charge in [0.1, 0.15) is 0 Å². The summed E-state index contributed by atoms with van der Waals surface area (Å²) < 4.78 is 0. The van der Waals surface area contributed by atoms with Crippen LogP contribution in [0.3, 0.4) is 0 Å². The van der Waals surface area contributed by atoms with Crippen LogP contribution in [0.4, 0.5) is 0 Å². The number of benzene rings is 3. The maximum atomic E-state index is 13.1. The molecule has 0 bridgehead atoms. The highest BCUT2D eigenvalue weighted by molar-refractivity contribution is 6.00. The Morgan fingerprint density at radius 3 is 2.45 bits per heavy atom. The molecule has 5 heteroatoms. The van der Waals surface area contributed by atoms with Crippen LogP contribution in [-0.4, -0.2) is 48.3 Å². The van der Waals surface area contributed by atoms with E-state index in [2.05, 4.69) is 12.1 Å². The SMILES string of the molecule is CN1CC[C@@H]2CN(C(=O)c3ccc4cc(-c5ccc(C#N)cc5)ccc4c3)C[C@@H]2C1=O. The highest BCUT2D eigenvalue weighted by atomic mass is 16.2. The quantitative estimate of drug-likeness (QED) is 0.644. The third kappa shape index (κ3) is 3.44. The molecule has 2 atom stereocenters. The zero-order valence-electron chi connectivity index (χ0n) is 17.4. The maximum absolute atomic E-state index is 13.1. The summed E-state index contributed by atoms with van der Waals surface area (Å²) in [5.74, 6) is 0.393. The highest BCUT2D eigenvalue weighted by Crippen LogP contribution is 2.33. The first-order valence-electron chi connectivity index (χ1n) is 10.6. The minimum absolute atomic E-state index is 0.00271. The second kappa shape index (κ2) is 7.55. The van der Waals surface area contributed by atoms with Crippen molar-refractivity contribution in [2.24, 2.45) is 11.8 Å². The third-order valence-electron chi connectivity index (χ3n) is 6.69. The molecule has 3 aromatic rings. The average molecular weight is 409 g/mol. The summed E-state index contributed by atoms with van der Waals surface area (Å²) in [7, 11) is 1.85. The number of hydrogen-bond donors (Lipinski definition) is 0. The van der Waals surface area contributed by atoms with Gasteiger partial charge in [0, 0.05) is 32.2 Å². The normalized spacial score (nSPS) is 20.6. The van der Waals surface area contributed by atoms with Gasteiger partial charge < -0.3 is 9.80 Å². The van der Waals surface area contributed by atoms with Crippen LogP contribution in [0, 0.1) is 23.2 Å². The molecule has 5 nitrogen and oxygen atoms in total. The Hall–Kier alpha value is -3.65. The van der Waals surface area contributed by atoms with Crippen molar-refractivity contribution in [3.8, 4) is 17.2 Å². The lowest BCUT2D eigenvalue weighted by Crippen LogP contribution is -2.42. The maximum Gasteiger partial charge on any atom is 0.253 e. The van der Waals surface area contributed by atoms with Crippen LogP contribution >= 0.6 is 0 Å². The molecule has 3 aromatic carbocycles.